The minimum absolute atomic E-state index is 0.0686. The summed E-state index contributed by atoms with van der Waals surface area (Å²) in [7, 11) is -4.11. The summed E-state index contributed by atoms with van der Waals surface area (Å²) in [5.74, 6) is -1.67. The predicted molar refractivity (Wildman–Crippen MR) is 111 cm³/mol. The largest absolute Gasteiger partial charge is 0.368 e. The van der Waals surface area contributed by atoms with Crippen molar-refractivity contribution in [3.8, 4) is 0 Å². The summed E-state index contributed by atoms with van der Waals surface area (Å²) >= 11 is 0. The Labute approximate surface area is 176 Å². The minimum atomic E-state index is -4.11. The number of hydrogen-bond donors (Lipinski definition) is 4. The lowest BCUT2D eigenvalue weighted by molar-refractivity contribution is -0.128. The third kappa shape index (κ3) is 7.08. The molecule has 3 amide bonds. The van der Waals surface area contributed by atoms with Gasteiger partial charge in [0, 0.05) is 13.1 Å². The van der Waals surface area contributed by atoms with Crippen LogP contribution >= 0.6 is 0 Å². The zero-order chi connectivity index (χ0) is 22.3. The van der Waals surface area contributed by atoms with E-state index in [2.05, 4.69) is 15.4 Å². The molecule has 0 aliphatic carbocycles. The molecule has 1 fully saturated rings. The van der Waals surface area contributed by atoms with Crippen LogP contribution in [0.5, 0.6) is 0 Å². The zero-order valence-electron chi connectivity index (χ0n) is 17.1. The summed E-state index contributed by atoms with van der Waals surface area (Å²) in [4.78, 5) is 36.2. The second kappa shape index (κ2) is 10.5. The van der Waals surface area contributed by atoms with Crippen molar-refractivity contribution in [2.75, 3.05) is 19.6 Å². The lowest BCUT2D eigenvalue weighted by Crippen LogP contribution is -2.58. The van der Waals surface area contributed by atoms with Gasteiger partial charge in [-0.3, -0.25) is 14.4 Å². The molecule has 0 spiro atoms. The fraction of sp³-hybridized carbons (Fsp3) is 0.526. The standard InChI is InChI=1S/C19H29N5O5S/c1-13(2)10-15(18(20)26)22-19(27)16(11-14-6-4-3-5-7-14)23-30(28,29)24-9-8-21-17(25)12-24/h3-7,13,15-16,23H,8-12H2,1-2H3,(H2,20,26)(H,21,25)(H,22,27)/t15-,16-/m0/s1. The third-order valence-corrected chi connectivity index (χ3v) is 6.17. The van der Waals surface area contributed by atoms with Crippen LogP contribution in [-0.2, 0) is 31.0 Å². The van der Waals surface area contributed by atoms with Crippen molar-refractivity contribution in [1.29, 1.82) is 0 Å². The number of carbonyl (C=O) groups excluding carboxylic acids is 3. The van der Waals surface area contributed by atoms with Gasteiger partial charge in [-0.25, -0.2) is 0 Å². The maximum Gasteiger partial charge on any atom is 0.280 e. The molecule has 1 heterocycles. The quantitative estimate of drug-likeness (QED) is 0.364. The summed E-state index contributed by atoms with van der Waals surface area (Å²) in [6, 6.07) is 6.79. The van der Waals surface area contributed by atoms with Crippen LogP contribution in [0.3, 0.4) is 0 Å². The van der Waals surface area contributed by atoms with E-state index in [1.165, 1.54) is 0 Å². The number of nitrogens with two attached hydrogens (primary N) is 1. The van der Waals surface area contributed by atoms with Crippen molar-refractivity contribution in [3.63, 3.8) is 0 Å². The molecule has 1 saturated heterocycles. The van der Waals surface area contributed by atoms with Crippen LogP contribution in [-0.4, -0.2) is 62.2 Å². The predicted octanol–water partition coefficient (Wildman–Crippen LogP) is -1.12. The molecule has 2 atom stereocenters. The molecule has 2 rings (SSSR count). The Morgan fingerprint density at radius 2 is 1.87 bits per heavy atom. The number of nitrogens with zero attached hydrogens (tertiary/aromatic N) is 1. The number of hydrogen-bond acceptors (Lipinski definition) is 5. The number of benzene rings is 1. The highest BCUT2D eigenvalue weighted by Gasteiger charge is 2.33. The minimum Gasteiger partial charge on any atom is -0.368 e. The fourth-order valence-corrected chi connectivity index (χ4v) is 4.42. The number of nitrogens with one attached hydrogen (secondary N) is 3. The molecule has 0 bridgehead atoms. The van der Waals surface area contributed by atoms with Gasteiger partial charge in [0.25, 0.3) is 10.2 Å². The molecule has 0 radical (unpaired) electrons. The monoisotopic (exact) mass is 439 g/mol. The summed E-state index contributed by atoms with van der Waals surface area (Å²) in [6.45, 7) is 3.72. The van der Waals surface area contributed by atoms with Crippen molar-refractivity contribution < 1.29 is 22.8 Å². The van der Waals surface area contributed by atoms with Crippen LogP contribution in [0.2, 0.25) is 0 Å². The molecular formula is C19H29N5O5S. The van der Waals surface area contributed by atoms with Crippen LogP contribution in [0.1, 0.15) is 25.8 Å². The van der Waals surface area contributed by atoms with Crippen LogP contribution in [0.15, 0.2) is 30.3 Å². The average molecular weight is 440 g/mol. The van der Waals surface area contributed by atoms with Crippen LogP contribution in [0, 0.1) is 5.92 Å². The van der Waals surface area contributed by atoms with Crippen molar-refractivity contribution in [2.24, 2.45) is 11.7 Å². The smallest absolute Gasteiger partial charge is 0.280 e. The molecule has 11 heteroatoms. The lowest BCUT2D eigenvalue weighted by atomic mass is 10.0. The number of piperazine rings is 1. The Hall–Kier alpha value is -2.50. The Kier molecular flexibility index (Phi) is 8.33. The first-order valence-electron chi connectivity index (χ1n) is 9.76. The maximum atomic E-state index is 12.9. The van der Waals surface area contributed by atoms with E-state index in [1.807, 2.05) is 13.8 Å². The molecule has 1 aromatic carbocycles. The Morgan fingerprint density at radius 3 is 2.43 bits per heavy atom. The normalized spacial score (nSPS) is 17.2. The van der Waals surface area contributed by atoms with Crippen molar-refractivity contribution in [3.05, 3.63) is 35.9 Å². The van der Waals surface area contributed by atoms with E-state index in [0.717, 1.165) is 9.87 Å². The van der Waals surface area contributed by atoms with Gasteiger partial charge in [0.2, 0.25) is 17.7 Å². The molecule has 166 valence electrons. The van der Waals surface area contributed by atoms with Gasteiger partial charge in [-0.2, -0.15) is 17.4 Å². The van der Waals surface area contributed by atoms with E-state index in [0.29, 0.717) is 6.42 Å². The zero-order valence-corrected chi connectivity index (χ0v) is 17.9. The second-order valence-electron chi connectivity index (χ2n) is 7.64. The number of rotatable bonds is 10. The van der Waals surface area contributed by atoms with E-state index in [1.54, 1.807) is 30.3 Å². The Balaban J connectivity index is 2.22. The van der Waals surface area contributed by atoms with Crippen LogP contribution < -0.4 is 21.1 Å². The number of primary amides is 1. The van der Waals surface area contributed by atoms with E-state index in [9.17, 15) is 22.8 Å². The first-order chi connectivity index (χ1) is 14.1. The molecule has 1 aliphatic heterocycles. The molecule has 30 heavy (non-hydrogen) atoms. The molecule has 5 N–H and O–H groups in total. The van der Waals surface area contributed by atoms with Gasteiger partial charge in [0.1, 0.15) is 12.1 Å². The van der Waals surface area contributed by atoms with Crippen molar-refractivity contribution in [1.82, 2.24) is 19.7 Å². The van der Waals surface area contributed by atoms with E-state index >= 15 is 0 Å². The van der Waals surface area contributed by atoms with Gasteiger partial charge < -0.3 is 16.4 Å². The summed E-state index contributed by atoms with van der Waals surface area (Å²) in [5, 5.41) is 5.12. The van der Waals surface area contributed by atoms with Crippen LogP contribution in [0.4, 0.5) is 0 Å². The molecule has 0 aromatic heterocycles. The first kappa shape index (κ1) is 23.8. The highest BCUT2D eigenvalue weighted by molar-refractivity contribution is 7.87. The van der Waals surface area contributed by atoms with Gasteiger partial charge >= 0.3 is 0 Å². The topological polar surface area (TPSA) is 151 Å². The molecule has 0 unspecified atom stereocenters. The molecule has 0 saturated carbocycles. The van der Waals surface area contributed by atoms with E-state index in [-0.39, 0.29) is 32.0 Å². The van der Waals surface area contributed by atoms with Gasteiger partial charge in [-0.05, 0) is 24.3 Å². The second-order valence-corrected chi connectivity index (χ2v) is 9.34. The summed E-state index contributed by atoms with van der Waals surface area (Å²) in [6.07, 6.45) is 0.400. The van der Waals surface area contributed by atoms with E-state index in [4.69, 9.17) is 5.73 Å². The summed E-state index contributed by atoms with van der Waals surface area (Å²) < 4.78 is 29.0. The fourth-order valence-electron chi connectivity index (χ4n) is 3.10. The van der Waals surface area contributed by atoms with Gasteiger partial charge in [-0.15, -0.1) is 0 Å². The number of carbonyl (C=O) groups is 3. The Bertz CT molecular complexity index is 859. The highest BCUT2D eigenvalue weighted by atomic mass is 32.2. The average Bonchev–Trinajstić information content (AvgIpc) is 2.67. The SMILES string of the molecule is CC(C)C[C@H](NC(=O)[C@H](Cc1ccccc1)NS(=O)(=O)N1CCNC(=O)C1)C(N)=O. The summed E-state index contributed by atoms with van der Waals surface area (Å²) in [5.41, 5.74) is 6.13. The van der Waals surface area contributed by atoms with Crippen LogP contribution in [0.25, 0.3) is 0 Å². The molecule has 1 aromatic rings. The molecular weight excluding hydrogens is 410 g/mol. The Morgan fingerprint density at radius 1 is 1.20 bits per heavy atom. The first-order valence-corrected chi connectivity index (χ1v) is 11.2. The molecule has 1 aliphatic rings. The van der Waals surface area contributed by atoms with E-state index < -0.39 is 40.0 Å². The van der Waals surface area contributed by atoms with Crippen molar-refractivity contribution >= 4 is 27.9 Å². The van der Waals surface area contributed by atoms with Gasteiger partial charge in [0.05, 0.1) is 6.54 Å². The number of amides is 3. The highest BCUT2D eigenvalue weighted by Crippen LogP contribution is 2.10. The maximum absolute atomic E-state index is 12.9. The van der Waals surface area contributed by atoms with Gasteiger partial charge in [0.15, 0.2) is 0 Å². The lowest BCUT2D eigenvalue weighted by Gasteiger charge is -2.29. The van der Waals surface area contributed by atoms with Gasteiger partial charge in [-0.1, -0.05) is 44.2 Å². The van der Waals surface area contributed by atoms with Crippen molar-refractivity contribution in [2.45, 2.75) is 38.8 Å². The molecule has 10 nitrogen and oxygen atoms in total. The third-order valence-electron chi connectivity index (χ3n) is 4.60.